The Hall–Kier alpha value is -2.83. The number of anilines is 1. The van der Waals surface area contributed by atoms with Crippen LogP contribution in [-0.4, -0.2) is 22.5 Å². The van der Waals surface area contributed by atoms with E-state index in [4.69, 9.17) is 16.3 Å². The maximum absolute atomic E-state index is 14.1. The number of benzene rings is 2. The van der Waals surface area contributed by atoms with Crippen LogP contribution >= 0.6 is 23.4 Å². The first-order chi connectivity index (χ1) is 19.5. The van der Waals surface area contributed by atoms with Gasteiger partial charge < -0.3 is 10.1 Å². The molecule has 1 amide bonds. The SMILES string of the molecule is C[C@@H]1CC[C@H]2C(C)(C)[C@H]3C[C@@]12CC[C@@]3(C)OC(=O)c1cc(NC(=O)c2ccccc2)c(Cl)cc1Sc1ccccn1. The van der Waals surface area contributed by atoms with Gasteiger partial charge in [-0.1, -0.05) is 68.4 Å². The van der Waals surface area contributed by atoms with Gasteiger partial charge in [0.25, 0.3) is 5.91 Å². The summed E-state index contributed by atoms with van der Waals surface area (Å²) in [6.45, 7) is 9.34. The van der Waals surface area contributed by atoms with E-state index >= 15 is 0 Å². The molecule has 0 unspecified atom stereocenters. The van der Waals surface area contributed by atoms with Crippen LogP contribution in [0.4, 0.5) is 5.69 Å². The molecular formula is C34H37ClN2O3S. The lowest BCUT2D eigenvalue weighted by molar-refractivity contribution is -0.0884. The number of hydrogen-bond donors (Lipinski definition) is 1. The molecule has 1 N–H and O–H groups in total. The number of nitrogens with zero attached hydrogens (tertiary/aromatic N) is 1. The van der Waals surface area contributed by atoms with Crippen LogP contribution in [0.2, 0.25) is 5.02 Å². The Morgan fingerprint density at radius 1 is 1.00 bits per heavy atom. The average molecular weight is 589 g/mol. The molecule has 3 aliphatic rings. The Morgan fingerprint density at radius 2 is 1.76 bits per heavy atom. The molecule has 2 bridgehead atoms. The molecule has 3 saturated carbocycles. The van der Waals surface area contributed by atoms with E-state index in [1.165, 1.54) is 24.6 Å². The number of amides is 1. The normalized spacial score (nSPS) is 29.5. The predicted molar refractivity (Wildman–Crippen MR) is 163 cm³/mol. The van der Waals surface area contributed by atoms with Crippen molar-refractivity contribution in [2.75, 3.05) is 5.32 Å². The lowest BCUT2D eigenvalue weighted by atomic mass is 9.64. The highest BCUT2D eigenvalue weighted by atomic mass is 35.5. The van der Waals surface area contributed by atoms with Crippen LogP contribution in [0.15, 0.2) is 76.8 Å². The summed E-state index contributed by atoms with van der Waals surface area (Å²) >= 11 is 8.04. The lowest BCUT2D eigenvalue weighted by Crippen LogP contribution is -2.47. The van der Waals surface area contributed by atoms with Gasteiger partial charge in [0, 0.05) is 22.6 Å². The highest BCUT2D eigenvalue weighted by Crippen LogP contribution is 2.73. The molecule has 41 heavy (non-hydrogen) atoms. The molecule has 2 aromatic carbocycles. The summed E-state index contributed by atoms with van der Waals surface area (Å²) in [5, 5.41) is 3.97. The molecule has 0 radical (unpaired) electrons. The van der Waals surface area contributed by atoms with E-state index in [0.29, 0.717) is 44.0 Å². The minimum Gasteiger partial charge on any atom is -0.455 e. The first-order valence-corrected chi connectivity index (χ1v) is 15.8. The van der Waals surface area contributed by atoms with E-state index in [1.54, 1.807) is 42.6 Å². The van der Waals surface area contributed by atoms with Crippen LogP contribution in [0.25, 0.3) is 0 Å². The molecule has 7 heteroatoms. The first kappa shape index (κ1) is 28.3. The van der Waals surface area contributed by atoms with Gasteiger partial charge in [0.15, 0.2) is 0 Å². The van der Waals surface area contributed by atoms with E-state index in [2.05, 4.69) is 38.0 Å². The zero-order valence-electron chi connectivity index (χ0n) is 24.1. The van der Waals surface area contributed by atoms with Crippen molar-refractivity contribution < 1.29 is 14.3 Å². The van der Waals surface area contributed by atoms with Gasteiger partial charge in [-0.15, -0.1) is 0 Å². The summed E-state index contributed by atoms with van der Waals surface area (Å²) in [5.41, 5.74) is 1.14. The minimum absolute atomic E-state index is 0.0939. The van der Waals surface area contributed by atoms with Crippen molar-refractivity contribution >= 4 is 40.9 Å². The second kappa shape index (κ2) is 10.5. The third kappa shape index (κ3) is 4.87. The third-order valence-corrected chi connectivity index (χ3v) is 11.8. The largest absolute Gasteiger partial charge is 0.455 e. The second-order valence-electron chi connectivity index (χ2n) is 13.0. The second-order valence-corrected chi connectivity index (χ2v) is 14.4. The smallest absolute Gasteiger partial charge is 0.339 e. The van der Waals surface area contributed by atoms with Crippen molar-refractivity contribution in [3.63, 3.8) is 0 Å². The molecule has 1 spiro atoms. The number of nitrogens with one attached hydrogen (secondary N) is 1. The number of esters is 1. The number of rotatable bonds is 6. The standard InChI is InChI=1S/C34H37ClN2O3S/c1-21-13-14-27-32(2,3)28-20-34(21,27)16-15-33(28,4)40-31(39)23-18-25(37-30(38)22-10-6-5-7-11-22)24(35)19-26(23)41-29-12-8-9-17-36-29/h5-12,17-19,21,27-28H,13-16,20H2,1-4H3,(H,37,38)/t21-,27+,28-,33-,34+/m1/s1. The zero-order chi connectivity index (χ0) is 29.0. The fourth-order valence-corrected chi connectivity index (χ4v) is 9.64. The zero-order valence-corrected chi connectivity index (χ0v) is 25.6. The number of hydrogen-bond acceptors (Lipinski definition) is 5. The van der Waals surface area contributed by atoms with Crippen molar-refractivity contribution in [3.8, 4) is 0 Å². The van der Waals surface area contributed by atoms with Crippen LogP contribution in [0.3, 0.4) is 0 Å². The summed E-state index contributed by atoms with van der Waals surface area (Å²) in [7, 11) is 0. The molecule has 214 valence electrons. The van der Waals surface area contributed by atoms with E-state index in [-0.39, 0.29) is 17.2 Å². The third-order valence-electron chi connectivity index (χ3n) is 10.5. The summed E-state index contributed by atoms with van der Waals surface area (Å²) < 4.78 is 6.56. The molecule has 3 aliphatic carbocycles. The van der Waals surface area contributed by atoms with E-state index < -0.39 is 11.6 Å². The van der Waals surface area contributed by atoms with Gasteiger partial charge in [-0.25, -0.2) is 9.78 Å². The summed E-state index contributed by atoms with van der Waals surface area (Å²) in [4.78, 5) is 32.2. The molecule has 5 atom stereocenters. The first-order valence-electron chi connectivity index (χ1n) is 14.6. The molecule has 1 heterocycles. The van der Waals surface area contributed by atoms with Gasteiger partial charge in [0.1, 0.15) is 10.6 Å². The fraction of sp³-hybridized carbons (Fsp3) is 0.441. The number of ether oxygens (including phenoxy) is 1. The van der Waals surface area contributed by atoms with Gasteiger partial charge in [0.2, 0.25) is 0 Å². The van der Waals surface area contributed by atoms with Crippen molar-refractivity contribution in [1.29, 1.82) is 0 Å². The highest BCUT2D eigenvalue weighted by molar-refractivity contribution is 7.99. The van der Waals surface area contributed by atoms with Gasteiger partial charge in [-0.2, -0.15) is 0 Å². The fourth-order valence-electron chi connectivity index (χ4n) is 8.45. The van der Waals surface area contributed by atoms with Gasteiger partial charge in [-0.05, 0) is 98.1 Å². The molecule has 3 fully saturated rings. The maximum Gasteiger partial charge on any atom is 0.339 e. The molecule has 6 rings (SSSR count). The van der Waals surface area contributed by atoms with E-state index in [1.807, 2.05) is 24.3 Å². The van der Waals surface area contributed by atoms with Crippen LogP contribution in [-0.2, 0) is 4.74 Å². The van der Waals surface area contributed by atoms with Crippen molar-refractivity contribution in [1.82, 2.24) is 4.98 Å². The van der Waals surface area contributed by atoms with Crippen molar-refractivity contribution in [2.24, 2.45) is 28.6 Å². The molecule has 5 nitrogen and oxygen atoms in total. The van der Waals surface area contributed by atoms with Crippen molar-refractivity contribution in [2.45, 2.75) is 75.3 Å². The Balaban J connectivity index is 1.33. The number of carbonyl (C=O) groups is 2. The van der Waals surface area contributed by atoms with Crippen LogP contribution in [0, 0.1) is 28.6 Å². The van der Waals surface area contributed by atoms with Gasteiger partial charge in [0.05, 0.1) is 16.3 Å². The molecular weight excluding hydrogens is 552 g/mol. The Labute approximate surface area is 251 Å². The Bertz CT molecular complexity index is 1480. The molecule has 0 aliphatic heterocycles. The number of aromatic nitrogens is 1. The topological polar surface area (TPSA) is 68.3 Å². The minimum atomic E-state index is -0.573. The van der Waals surface area contributed by atoms with Crippen molar-refractivity contribution in [3.05, 3.63) is 83.0 Å². The lowest BCUT2D eigenvalue weighted by Gasteiger charge is -2.46. The van der Waals surface area contributed by atoms with E-state index in [0.717, 1.165) is 24.3 Å². The quantitative estimate of drug-likeness (QED) is 0.291. The summed E-state index contributed by atoms with van der Waals surface area (Å²) in [6, 6.07) is 18.0. The Morgan fingerprint density at radius 3 is 2.49 bits per heavy atom. The molecule has 1 aromatic heterocycles. The highest BCUT2D eigenvalue weighted by Gasteiger charge is 2.69. The number of pyridine rings is 1. The summed E-state index contributed by atoms with van der Waals surface area (Å²) in [5.74, 6) is 0.980. The van der Waals surface area contributed by atoms with Crippen LogP contribution in [0.1, 0.15) is 80.5 Å². The van der Waals surface area contributed by atoms with Crippen LogP contribution in [0.5, 0.6) is 0 Å². The molecule has 0 saturated heterocycles. The van der Waals surface area contributed by atoms with Crippen LogP contribution < -0.4 is 5.32 Å². The van der Waals surface area contributed by atoms with Gasteiger partial charge in [-0.3, -0.25) is 4.79 Å². The number of halogens is 1. The van der Waals surface area contributed by atoms with Gasteiger partial charge >= 0.3 is 5.97 Å². The average Bonchev–Trinajstić information content (AvgIpc) is 3.38. The molecule has 3 aromatic rings. The number of fused-ring (bicyclic) bond motifs is 1. The summed E-state index contributed by atoms with van der Waals surface area (Å²) in [6.07, 6.45) is 7.35. The van der Waals surface area contributed by atoms with E-state index in [9.17, 15) is 9.59 Å². The predicted octanol–water partition coefficient (Wildman–Crippen LogP) is 8.93. The number of carbonyl (C=O) groups excluding carboxylic acids is 2. The monoisotopic (exact) mass is 588 g/mol. The maximum atomic E-state index is 14.1. The Kier molecular flexibility index (Phi) is 7.22.